The summed E-state index contributed by atoms with van der Waals surface area (Å²) in [5, 5.41) is 0. The van der Waals surface area contributed by atoms with E-state index in [1.807, 2.05) is 12.1 Å². The number of hydrogen-bond acceptors (Lipinski definition) is 4. The maximum Gasteiger partial charge on any atom is 0.227 e. The van der Waals surface area contributed by atoms with Crippen molar-refractivity contribution < 1.29 is 18.7 Å². The molecule has 2 saturated heterocycles. The van der Waals surface area contributed by atoms with E-state index in [1.54, 1.807) is 24.1 Å². The van der Waals surface area contributed by atoms with Crippen molar-refractivity contribution in [1.82, 2.24) is 4.90 Å². The fraction of sp³-hybridized carbons (Fsp3) is 0.409. The molecule has 0 saturated carbocycles. The summed E-state index contributed by atoms with van der Waals surface area (Å²) in [6.45, 7) is 4.25. The second kappa shape index (κ2) is 7.89. The Balaban J connectivity index is 1.48. The number of amides is 1. The van der Waals surface area contributed by atoms with E-state index in [1.165, 1.54) is 17.7 Å². The van der Waals surface area contributed by atoms with Gasteiger partial charge in [0.1, 0.15) is 11.6 Å². The van der Waals surface area contributed by atoms with E-state index in [9.17, 15) is 9.18 Å². The number of methoxy groups -OCH3 is 1. The lowest BCUT2D eigenvalue weighted by molar-refractivity contribution is -0.118. The van der Waals surface area contributed by atoms with Crippen LogP contribution in [0.3, 0.4) is 0 Å². The van der Waals surface area contributed by atoms with E-state index in [4.69, 9.17) is 9.47 Å². The first kappa shape index (κ1) is 18.9. The summed E-state index contributed by atoms with van der Waals surface area (Å²) in [5.41, 5.74) is 1.71. The summed E-state index contributed by atoms with van der Waals surface area (Å²) >= 11 is 0. The van der Waals surface area contributed by atoms with E-state index in [-0.39, 0.29) is 17.1 Å². The van der Waals surface area contributed by atoms with Gasteiger partial charge in [-0.15, -0.1) is 0 Å². The number of ether oxygens (including phenoxy) is 2. The van der Waals surface area contributed by atoms with Gasteiger partial charge in [0.15, 0.2) is 0 Å². The molecule has 0 N–H and O–H groups in total. The van der Waals surface area contributed by atoms with Crippen LogP contribution in [0.4, 0.5) is 10.1 Å². The minimum atomic E-state index is -0.298. The molecule has 0 aliphatic carbocycles. The summed E-state index contributed by atoms with van der Waals surface area (Å²) in [7, 11) is 1.66. The maximum atomic E-state index is 13.2. The molecule has 1 amide bonds. The largest absolute Gasteiger partial charge is 0.497 e. The van der Waals surface area contributed by atoms with Crippen LogP contribution in [0, 0.1) is 11.2 Å². The number of hydrogen-bond donors (Lipinski definition) is 0. The van der Waals surface area contributed by atoms with E-state index in [2.05, 4.69) is 17.0 Å². The average Bonchev–Trinajstić information content (AvgIpc) is 2.89. The van der Waals surface area contributed by atoms with Gasteiger partial charge in [-0.25, -0.2) is 4.39 Å². The van der Waals surface area contributed by atoms with Crippen LogP contribution in [0.5, 0.6) is 5.75 Å². The third-order valence-electron chi connectivity index (χ3n) is 5.54. The van der Waals surface area contributed by atoms with Crippen LogP contribution in [0.2, 0.25) is 0 Å². The Labute approximate surface area is 164 Å². The Morgan fingerprint density at radius 2 is 1.86 bits per heavy atom. The monoisotopic (exact) mass is 384 g/mol. The van der Waals surface area contributed by atoms with Crippen molar-refractivity contribution in [3.63, 3.8) is 0 Å². The lowest BCUT2D eigenvalue weighted by Gasteiger charge is -2.31. The molecule has 5 nitrogen and oxygen atoms in total. The molecular weight excluding hydrogens is 359 g/mol. The zero-order valence-electron chi connectivity index (χ0n) is 16.1. The normalized spacial score (nSPS) is 23.2. The van der Waals surface area contributed by atoms with E-state index < -0.39 is 0 Å². The molecule has 0 aromatic heterocycles. The summed E-state index contributed by atoms with van der Waals surface area (Å²) < 4.78 is 24.4. The lowest BCUT2D eigenvalue weighted by Crippen LogP contribution is -2.40. The van der Waals surface area contributed by atoms with Gasteiger partial charge in [0.25, 0.3) is 0 Å². The molecule has 2 aromatic rings. The molecule has 1 atom stereocenters. The van der Waals surface area contributed by atoms with Crippen molar-refractivity contribution in [3.05, 3.63) is 59.9 Å². The van der Waals surface area contributed by atoms with Crippen molar-refractivity contribution in [3.8, 4) is 5.75 Å². The minimum Gasteiger partial charge on any atom is -0.497 e. The minimum absolute atomic E-state index is 0.0708. The van der Waals surface area contributed by atoms with E-state index in [0.717, 1.165) is 31.1 Å². The zero-order chi connectivity index (χ0) is 19.6. The van der Waals surface area contributed by atoms with Crippen molar-refractivity contribution in [2.75, 3.05) is 44.9 Å². The van der Waals surface area contributed by atoms with Gasteiger partial charge in [-0.2, -0.15) is 0 Å². The van der Waals surface area contributed by atoms with Crippen molar-refractivity contribution in [1.29, 1.82) is 0 Å². The van der Waals surface area contributed by atoms with E-state index in [0.29, 0.717) is 26.2 Å². The highest BCUT2D eigenvalue weighted by Gasteiger charge is 2.45. The molecule has 0 unspecified atom stereocenters. The number of halogens is 1. The number of carbonyl (C=O) groups is 1. The van der Waals surface area contributed by atoms with Gasteiger partial charge < -0.3 is 14.4 Å². The maximum absolute atomic E-state index is 13.2. The third kappa shape index (κ3) is 4.03. The molecule has 4 rings (SSSR count). The van der Waals surface area contributed by atoms with Crippen LogP contribution in [0.1, 0.15) is 12.0 Å². The molecule has 2 fully saturated rings. The summed E-state index contributed by atoms with van der Waals surface area (Å²) in [4.78, 5) is 16.8. The van der Waals surface area contributed by atoms with Crippen LogP contribution >= 0.6 is 0 Å². The Bertz CT molecular complexity index is 825. The molecule has 0 bridgehead atoms. The Morgan fingerprint density at radius 3 is 2.57 bits per heavy atom. The van der Waals surface area contributed by atoms with Crippen molar-refractivity contribution >= 4 is 11.6 Å². The SMILES string of the molecule is COc1ccc(CN2CCOC[C@]3(CC(=O)N(c4ccc(F)cc4)C3)C2)cc1. The molecular formula is C22H25FN2O3. The Morgan fingerprint density at radius 1 is 1.11 bits per heavy atom. The van der Waals surface area contributed by atoms with Gasteiger partial charge in [-0.1, -0.05) is 12.1 Å². The number of benzene rings is 2. The first-order chi connectivity index (χ1) is 13.6. The van der Waals surface area contributed by atoms with Gasteiger partial charge >= 0.3 is 0 Å². The number of nitrogens with zero attached hydrogens (tertiary/aromatic N) is 2. The Kier molecular flexibility index (Phi) is 5.33. The highest BCUT2D eigenvalue weighted by molar-refractivity contribution is 5.96. The Hall–Kier alpha value is -2.44. The number of anilines is 1. The number of carbonyl (C=O) groups excluding carboxylic acids is 1. The van der Waals surface area contributed by atoms with Gasteiger partial charge in [0.2, 0.25) is 5.91 Å². The van der Waals surface area contributed by atoms with Crippen molar-refractivity contribution in [2.45, 2.75) is 13.0 Å². The van der Waals surface area contributed by atoms with Crippen LogP contribution in [0.15, 0.2) is 48.5 Å². The van der Waals surface area contributed by atoms with Gasteiger partial charge in [0.05, 0.1) is 20.3 Å². The predicted molar refractivity (Wildman–Crippen MR) is 105 cm³/mol. The molecule has 148 valence electrons. The van der Waals surface area contributed by atoms with Gasteiger partial charge in [-0.3, -0.25) is 9.69 Å². The molecule has 1 spiro atoms. The molecule has 6 heteroatoms. The first-order valence-corrected chi connectivity index (χ1v) is 9.56. The van der Waals surface area contributed by atoms with Crippen LogP contribution in [0.25, 0.3) is 0 Å². The number of rotatable bonds is 4. The molecule has 2 aromatic carbocycles. The molecule has 2 aliphatic heterocycles. The lowest BCUT2D eigenvalue weighted by atomic mass is 9.87. The van der Waals surface area contributed by atoms with E-state index >= 15 is 0 Å². The fourth-order valence-electron chi connectivity index (χ4n) is 4.16. The highest BCUT2D eigenvalue weighted by Crippen LogP contribution is 2.37. The quantitative estimate of drug-likeness (QED) is 0.813. The summed E-state index contributed by atoms with van der Waals surface area (Å²) in [6, 6.07) is 14.2. The van der Waals surface area contributed by atoms with Gasteiger partial charge in [0, 0.05) is 43.7 Å². The van der Waals surface area contributed by atoms with Gasteiger partial charge in [-0.05, 0) is 42.0 Å². The van der Waals surface area contributed by atoms with Crippen LogP contribution in [-0.2, 0) is 16.1 Å². The molecule has 2 heterocycles. The van der Waals surface area contributed by atoms with Crippen molar-refractivity contribution in [2.24, 2.45) is 5.41 Å². The standard InChI is InChI=1S/C22H25FN2O3/c1-27-20-8-2-17(3-9-20)13-24-10-11-28-16-22(14-24)12-21(26)25(15-22)19-6-4-18(23)5-7-19/h2-9H,10-16H2,1H3/t22-/m1/s1. The van der Waals surface area contributed by atoms with Crippen LogP contribution in [-0.4, -0.2) is 50.8 Å². The molecule has 0 radical (unpaired) electrons. The molecule has 28 heavy (non-hydrogen) atoms. The summed E-state index contributed by atoms with van der Waals surface area (Å²) in [5.74, 6) is 0.617. The highest BCUT2D eigenvalue weighted by atomic mass is 19.1. The first-order valence-electron chi connectivity index (χ1n) is 9.56. The second-order valence-corrected chi connectivity index (χ2v) is 7.74. The van der Waals surface area contributed by atoms with Crippen LogP contribution < -0.4 is 9.64 Å². The topological polar surface area (TPSA) is 42.0 Å². The predicted octanol–water partition coefficient (Wildman–Crippen LogP) is 3.09. The second-order valence-electron chi connectivity index (χ2n) is 7.74. The average molecular weight is 384 g/mol. The zero-order valence-corrected chi connectivity index (χ0v) is 16.1. The molecule has 2 aliphatic rings. The smallest absolute Gasteiger partial charge is 0.227 e. The third-order valence-corrected chi connectivity index (χ3v) is 5.54. The fourth-order valence-corrected chi connectivity index (χ4v) is 4.16. The summed E-state index contributed by atoms with van der Waals surface area (Å²) in [6.07, 6.45) is 0.448.